The van der Waals surface area contributed by atoms with Crippen LogP contribution in [0, 0.1) is 30.2 Å². The average Bonchev–Trinajstić information content (AvgIpc) is 3.22. The van der Waals surface area contributed by atoms with Crippen LogP contribution in [0.1, 0.15) is 22.8 Å². The van der Waals surface area contributed by atoms with Gasteiger partial charge in [-0.15, -0.1) is 10.2 Å². The molecule has 4 rings (SSSR count). The van der Waals surface area contributed by atoms with Crippen LogP contribution >= 0.6 is 0 Å². The van der Waals surface area contributed by atoms with Crippen LogP contribution in [-0.4, -0.2) is 34.6 Å². The molecule has 1 heterocycles. The monoisotopic (exact) mass is 474 g/mol. The van der Waals surface area contributed by atoms with Crippen molar-refractivity contribution in [3.8, 4) is 17.2 Å². The third-order valence-corrected chi connectivity index (χ3v) is 5.01. The average molecular weight is 474 g/mol. The van der Waals surface area contributed by atoms with Crippen molar-refractivity contribution in [2.24, 2.45) is 0 Å². The molecule has 11 heteroatoms. The van der Waals surface area contributed by atoms with Crippen LogP contribution in [0.2, 0.25) is 0 Å². The smallest absolute Gasteiger partial charge is 0.261 e. The molecule has 0 saturated heterocycles. The van der Waals surface area contributed by atoms with Crippen molar-refractivity contribution in [1.29, 1.82) is 0 Å². The molecule has 3 aromatic carbocycles. The Morgan fingerprint density at radius 3 is 2.12 bits per heavy atom. The number of carbonyl (C=O) groups excluding carboxylic acids is 1. The first-order valence-electron chi connectivity index (χ1n) is 10.1. The Bertz CT molecular complexity index is 1380. The van der Waals surface area contributed by atoms with Gasteiger partial charge < -0.3 is 14.8 Å². The van der Waals surface area contributed by atoms with Crippen molar-refractivity contribution in [2.75, 3.05) is 19.0 Å². The van der Waals surface area contributed by atoms with E-state index in [2.05, 4.69) is 20.3 Å². The summed E-state index contributed by atoms with van der Waals surface area (Å²) in [7, 11) is 0.846. The van der Waals surface area contributed by atoms with Gasteiger partial charge in [0, 0.05) is 5.69 Å². The molecule has 1 amide bonds. The fourth-order valence-corrected chi connectivity index (χ4v) is 3.34. The lowest BCUT2D eigenvalue weighted by Gasteiger charge is -2.12. The van der Waals surface area contributed by atoms with E-state index < -0.39 is 40.5 Å². The molecule has 0 aliphatic heterocycles. The molecule has 0 aliphatic rings. The van der Waals surface area contributed by atoms with Crippen LogP contribution in [0.3, 0.4) is 0 Å². The van der Waals surface area contributed by atoms with Gasteiger partial charge in [-0.05, 0) is 55.8 Å². The number of benzene rings is 3. The molecule has 34 heavy (non-hydrogen) atoms. The van der Waals surface area contributed by atoms with Gasteiger partial charge >= 0.3 is 0 Å². The van der Waals surface area contributed by atoms with E-state index in [0.717, 1.165) is 7.11 Å². The van der Waals surface area contributed by atoms with Crippen molar-refractivity contribution in [2.45, 2.75) is 13.8 Å². The fourth-order valence-electron chi connectivity index (χ4n) is 3.34. The molecule has 0 radical (unpaired) electrons. The van der Waals surface area contributed by atoms with Crippen molar-refractivity contribution >= 4 is 22.6 Å². The van der Waals surface area contributed by atoms with Crippen LogP contribution in [0.5, 0.6) is 11.5 Å². The summed E-state index contributed by atoms with van der Waals surface area (Å²) < 4.78 is 66.4. The highest BCUT2D eigenvalue weighted by Crippen LogP contribution is 2.31. The number of nitrogens with one attached hydrogen (secondary N) is 1. The van der Waals surface area contributed by atoms with Crippen molar-refractivity contribution < 1.29 is 31.8 Å². The number of anilines is 1. The number of aryl methyl sites for hydroxylation is 1. The minimum Gasteiger partial charge on any atom is -0.494 e. The molecule has 0 spiro atoms. The first kappa shape index (κ1) is 23.0. The first-order chi connectivity index (χ1) is 16.2. The van der Waals surface area contributed by atoms with Crippen LogP contribution in [0.25, 0.3) is 16.7 Å². The van der Waals surface area contributed by atoms with E-state index in [1.807, 2.05) is 6.92 Å². The van der Waals surface area contributed by atoms with Gasteiger partial charge in [-0.25, -0.2) is 8.78 Å². The SMILES string of the molecule is CCOc1ccc(-n2nc3cc(C)c(NC(=O)c4c(F)c(F)c(OC)c(F)c4F)cc3n2)cc1. The molecule has 4 aromatic rings. The highest BCUT2D eigenvalue weighted by atomic mass is 19.2. The molecular formula is C23H18F4N4O3. The predicted molar refractivity (Wildman–Crippen MR) is 116 cm³/mol. The topological polar surface area (TPSA) is 78.3 Å². The number of fused-ring (bicyclic) bond motifs is 1. The van der Waals surface area contributed by atoms with Gasteiger partial charge in [-0.1, -0.05) is 0 Å². The van der Waals surface area contributed by atoms with Gasteiger partial charge in [0.15, 0.2) is 17.4 Å². The van der Waals surface area contributed by atoms with Gasteiger partial charge in [0.1, 0.15) is 22.3 Å². The number of halogens is 4. The minimum absolute atomic E-state index is 0.131. The Hall–Kier alpha value is -4.15. The number of methoxy groups -OCH3 is 1. The quantitative estimate of drug-likeness (QED) is 0.316. The van der Waals surface area contributed by atoms with Crippen molar-refractivity contribution in [1.82, 2.24) is 15.0 Å². The lowest BCUT2D eigenvalue weighted by Crippen LogP contribution is -2.19. The largest absolute Gasteiger partial charge is 0.494 e. The molecule has 0 aliphatic carbocycles. The number of aromatic nitrogens is 3. The zero-order valence-electron chi connectivity index (χ0n) is 18.2. The van der Waals surface area contributed by atoms with Crippen molar-refractivity contribution in [3.63, 3.8) is 0 Å². The molecule has 0 fully saturated rings. The summed E-state index contributed by atoms with van der Waals surface area (Å²) in [6, 6.07) is 10.1. The second-order valence-corrected chi connectivity index (χ2v) is 7.19. The Balaban J connectivity index is 1.67. The van der Waals surface area contributed by atoms with E-state index in [1.54, 1.807) is 37.3 Å². The maximum Gasteiger partial charge on any atom is 0.261 e. The summed E-state index contributed by atoms with van der Waals surface area (Å²) in [6.07, 6.45) is 0. The first-order valence-corrected chi connectivity index (χ1v) is 10.1. The Morgan fingerprint density at radius 2 is 1.56 bits per heavy atom. The Kier molecular flexibility index (Phi) is 6.10. The number of carbonyl (C=O) groups is 1. The van der Waals surface area contributed by atoms with E-state index in [1.165, 1.54) is 10.9 Å². The summed E-state index contributed by atoms with van der Waals surface area (Å²) in [4.78, 5) is 13.9. The van der Waals surface area contributed by atoms with Crippen LogP contribution in [0.15, 0.2) is 36.4 Å². The lowest BCUT2D eigenvalue weighted by molar-refractivity contribution is 0.101. The van der Waals surface area contributed by atoms with Gasteiger partial charge in [-0.2, -0.15) is 13.6 Å². The number of nitrogens with zero attached hydrogens (tertiary/aromatic N) is 3. The van der Waals surface area contributed by atoms with Crippen LogP contribution in [-0.2, 0) is 0 Å². The number of amides is 1. The summed E-state index contributed by atoms with van der Waals surface area (Å²) in [5.74, 6) is -9.29. The lowest BCUT2D eigenvalue weighted by atomic mass is 10.1. The maximum absolute atomic E-state index is 14.3. The third-order valence-electron chi connectivity index (χ3n) is 5.01. The molecule has 1 aromatic heterocycles. The van der Waals surface area contributed by atoms with E-state index >= 15 is 0 Å². The summed E-state index contributed by atoms with van der Waals surface area (Å²) in [5, 5.41) is 11.0. The van der Waals surface area contributed by atoms with E-state index in [-0.39, 0.29) is 5.69 Å². The van der Waals surface area contributed by atoms with Crippen molar-refractivity contribution in [3.05, 3.63) is 70.8 Å². The maximum atomic E-state index is 14.3. The van der Waals surface area contributed by atoms with Gasteiger partial charge in [-0.3, -0.25) is 4.79 Å². The summed E-state index contributed by atoms with van der Waals surface area (Å²) in [6.45, 7) is 4.02. The summed E-state index contributed by atoms with van der Waals surface area (Å²) >= 11 is 0. The number of ether oxygens (including phenoxy) is 2. The molecule has 7 nitrogen and oxygen atoms in total. The molecule has 0 atom stereocenters. The molecular weight excluding hydrogens is 456 g/mol. The summed E-state index contributed by atoms with van der Waals surface area (Å²) in [5.41, 5.74) is 0.706. The Labute approximate surface area is 190 Å². The highest BCUT2D eigenvalue weighted by molar-refractivity contribution is 6.06. The van der Waals surface area contributed by atoms with Gasteiger partial charge in [0.2, 0.25) is 11.6 Å². The van der Waals surface area contributed by atoms with E-state index in [4.69, 9.17) is 4.74 Å². The molecule has 176 valence electrons. The van der Waals surface area contributed by atoms with Crippen LogP contribution < -0.4 is 14.8 Å². The third kappa shape index (κ3) is 4.00. The molecule has 0 unspecified atom stereocenters. The highest BCUT2D eigenvalue weighted by Gasteiger charge is 2.30. The molecule has 0 bridgehead atoms. The van der Waals surface area contributed by atoms with E-state index in [9.17, 15) is 22.4 Å². The van der Waals surface area contributed by atoms with Gasteiger partial charge in [0.25, 0.3) is 5.91 Å². The van der Waals surface area contributed by atoms with Crippen LogP contribution in [0.4, 0.5) is 23.2 Å². The minimum atomic E-state index is -1.87. The molecule has 1 N–H and O–H groups in total. The Morgan fingerprint density at radius 1 is 0.971 bits per heavy atom. The normalized spacial score (nSPS) is 11.0. The fraction of sp³-hybridized carbons (Fsp3) is 0.174. The zero-order chi connectivity index (χ0) is 24.6. The van der Waals surface area contributed by atoms with Gasteiger partial charge in [0.05, 0.1) is 19.4 Å². The van der Waals surface area contributed by atoms with E-state index in [0.29, 0.717) is 34.6 Å². The predicted octanol–water partition coefficient (Wildman–Crippen LogP) is 4.94. The standard InChI is InChI=1S/C23H18F4N4O3/c1-4-34-13-7-5-12(6-8-13)31-29-15-9-11(2)14(10-16(15)30-31)28-23(32)17-18(24)20(26)22(33-3)21(27)19(17)25/h5-10H,4H2,1-3H3,(H,28,32). The second kappa shape index (κ2) is 9.00. The second-order valence-electron chi connectivity index (χ2n) is 7.19. The zero-order valence-corrected chi connectivity index (χ0v) is 18.2. The molecule has 0 saturated carbocycles. The number of rotatable bonds is 6. The number of hydrogen-bond acceptors (Lipinski definition) is 5. The number of hydrogen-bond donors (Lipinski definition) is 1.